The Bertz CT molecular complexity index is 761. The molecular formula is C16H17N5. The van der Waals surface area contributed by atoms with Gasteiger partial charge >= 0.3 is 0 Å². The quantitative estimate of drug-likeness (QED) is 0.797. The Hall–Kier alpha value is -2.43. The van der Waals surface area contributed by atoms with Crippen LogP contribution in [0.5, 0.6) is 0 Å². The number of aromatic nitrogens is 4. The maximum atomic E-state index is 4.42. The van der Waals surface area contributed by atoms with Crippen molar-refractivity contribution in [2.24, 2.45) is 13.0 Å². The van der Waals surface area contributed by atoms with E-state index in [1.807, 2.05) is 13.2 Å². The summed E-state index contributed by atoms with van der Waals surface area (Å²) in [5, 5.41) is 8.85. The summed E-state index contributed by atoms with van der Waals surface area (Å²) in [6.45, 7) is 0. The van der Waals surface area contributed by atoms with Gasteiger partial charge in [-0.25, -0.2) is 9.97 Å². The van der Waals surface area contributed by atoms with Crippen molar-refractivity contribution in [1.29, 1.82) is 0 Å². The minimum absolute atomic E-state index is 0.310. The van der Waals surface area contributed by atoms with Crippen LogP contribution < -0.4 is 5.32 Å². The monoisotopic (exact) mass is 279 g/mol. The largest absolute Gasteiger partial charge is 0.362 e. The Labute approximate surface area is 123 Å². The van der Waals surface area contributed by atoms with Crippen LogP contribution in [0.2, 0.25) is 0 Å². The summed E-state index contributed by atoms with van der Waals surface area (Å²) in [6, 6.07) is 10.9. The molecular weight excluding hydrogens is 262 g/mol. The van der Waals surface area contributed by atoms with E-state index in [9.17, 15) is 0 Å². The Morgan fingerprint density at radius 2 is 2.00 bits per heavy atom. The van der Waals surface area contributed by atoms with Crippen LogP contribution in [-0.4, -0.2) is 19.7 Å². The molecule has 1 N–H and O–H groups in total. The Balaban J connectivity index is 1.72. The zero-order valence-corrected chi connectivity index (χ0v) is 11.9. The molecule has 1 aliphatic rings. The lowest BCUT2D eigenvalue weighted by Crippen LogP contribution is -2.14. The van der Waals surface area contributed by atoms with Gasteiger partial charge in [0.1, 0.15) is 12.1 Å². The molecule has 0 radical (unpaired) electrons. The molecule has 106 valence electrons. The fraction of sp³-hybridized carbons (Fsp3) is 0.312. The number of anilines is 1. The average Bonchev–Trinajstić information content (AvgIpc) is 3.30. The number of fused-ring (bicyclic) bond motifs is 1. The third kappa shape index (κ3) is 2.24. The SMILES string of the molecule is Cn1ncc2c(N[C@H](c3ccccc3)C3CC3)ncnc21. The zero-order valence-electron chi connectivity index (χ0n) is 11.9. The highest BCUT2D eigenvalue weighted by Gasteiger charge is 2.32. The van der Waals surface area contributed by atoms with E-state index in [0.717, 1.165) is 16.9 Å². The molecule has 4 rings (SSSR count). The second-order valence-corrected chi connectivity index (χ2v) is 5.60. The first-order chi connectivity index (χ1) is 10.3. The van der Waals surface area contributed by atoms with Crippen LogP contribution in [0, 0.1) is 5.92 Å². The third-order valence-electron chi connectivity index (χ3n) is 4.07. The molecule has 1 aliphatic carbocycles. The molecule has 2 aromatic heterocycles. The van der Waals surface area contributed by atoms with Crippen molar-refractivity contribution in [1.82, 2.24) is 19.7 Å². The van der Waals surface area contributed by atoms with Gasteiger partial charge in [0.15, 0.2) is 5.65 Å². The zero-order chi connectivity index (χ0) is 14.2. The summed E-state index contributed by atoms with van der Waals surface area (Å²) in [5.41, 5.74) is 2.17. The third-order valence-corrected chi connectivity index (χ3v) is 4.07. The molecule has 1 fully saturated rings. The van der Waals surface area contributed by atoms with Crippen molar-refractivity contribution in [3.8, 4) is 0 Å². The van der Waals surface area contributed by atoms with E-state index < -0.39 is 0 Å². The molecule has 1 atom stereocenters. The van der Waals surface area contributed by atoms with Crippen LogP contribution >= 0.6 is 0 Å². The molecule has 3 aromatic rings. The normalized spacial score (nSPS) is 16.0. The summed E-state index contributed by atoms with van der Waals surface area (Å²) in [7, 11) is 1.90. The van der Waals surface area contributed by atoms with Gasteiger partial charge in [-0.1, -0.05) is 30.3 Å². The Morgan fingerprint density at radius 1 is 1.19 bits per heavy atom. The van der Waals surface area contributed by atoms with Crippen molar-refractivity contribution in [3.63, 3.8) is 0 Å². The molecule has 5 nitrogen and oxygen atoms in total. The highest BCUT2D eigenvalue weighted by molar-refractivity contribution is 5.86. The molecule has 21 heavy (non-hydrogen) atoms. The number of nitrogens with one attached hydrogen (secondary N) is 1. The van der Waals surface area contributed by atoms with E-state index in [1.165, 1.54) is 18.4 Å². The highest BCUT2D eigenvalue weighted by atomic mass is 15.3. The van der Waals surface area contributed by atoms with Gasteiger partial charge in [0.05, 0.1) is 17.6 Å². The molecule has 0 saturated heterocycles. The van der Waals surface area contributed by atoms with Crippen LogP contribution in [0.15, 0.2) is 42.9 Å². The minimum Gasteiger partial charge on any atom is -0.362 e. The Kier molecular flexibility index (Phi) is 2.84. The van der Waals surface area contributed by atoms with E-state index in [4.69, 9.17) is 0 Å². The first-order valence-electron chi connectivity index (χ1n) is 7.27. The molecule has 1 saturated carbocycles. The summed E-state index contributed by atoms with van der Waals surface area (Å²) in [4.78, 5) is 8.71. The lowest BCUT2D eigenvalue weighted by molar-refractivity contribution is 0.676. The lowest BCUT2D eigenvalue weighted by Gasteiger charge is -2.19. The molecule has 0 amide bonds. The predicted molar refractivity (Wildman–Crippen MR) is 81.8 cm³/mol. The second kappa shape index (κ2) is 4.84. The van der Waals surface area contributed by atoms with Gasteiger partial charge in [0.2, 0.25) is 0 Å². The topological polar surface area (TPSA) is 55.6 Å². The number of hydrogen-bond donors (Lipinski definition) is 1. The fourth-order valence-corrected chi connectivity index (χ4v) is 2.79. The molecule has 5 heteroatoms. The van der Waals surface area contributed by atoms with Crippen LogP contribution in [0.4, 0.5) is 5.82 Å². The van der Waals surface area contributed by atoms with Crippen LogP contribution in [0.25, 0.3) is 11.0 Å². The lowest BCUT2D eigenvalue weighted by atomic mass is 10.0. The van der Waals surface area contributed by atoms with Crippen molar-refractivity contribution in [3.05, 3.63) is 48.4 Å². The molecule has 0 unspecified atom stereocenters. The van der Waals surface area contributed by atoms with Gasteiger partial charge in [-0.2, -0.15) is 5.10 Å². The molecule has 0 spiro atoms. The Morgan fingerprint density at radius 3 is 2.76 bits per heavy atom. The minimum atomic E-state index is 0.310. The fourth-order valence-electron chi connectivity index (χ4n) is 2.79. The van der Waals surface area contributed by atoms with Gasteiger partial charge in [-0.05, 0) is 24.3 Å². The van der Waals surface area contributed by atoms with E-state index in [0.29, 0.717) is 12.0 Å². The average molecular weight is 279 g/mol. The van der Waals surface area contributed by atoms with Gasteiger partial charge in [0, 0.05) is 7.05 Å². The molecule has 2 heterocycles. The van der Waals surface area contributed by atoms with E-state index in [1.54, 1.807) is 11.0 Å². The van der Waals surface area contributed by atoms with Gasteiger partial charge < -0.3 is 5.32 Å². The molecule has 1 aromatic carbocycles. The number of nitrogens with zero attached hydrogens (tertiary/aromatic N) is 4. The van der Waals surface area contributed by atoms with Gasteiger partial charge in [-0.3, -0.25) is 4.68 Å². The first kappa shape index (κ1) is 12.3. The van der Waals surface area contributed by atoms with Crippen molar-refractivity contribution < 1.29 is 0 Å². The summed E-state index contributed by atoms with van der Waals surface area (Å²) < 4.78 is 1.77. The van der Waals surface area contributed by atoms with E-state index in [-0.39, 0.29) is 0 Å². The van der Waals surface area contributed by atoms with E-state index in [2.05, 4.69) is 50.7 Å². The highest BCUT2D eigenvalue weighted by Crippen LogP contribution is 2.43. The number of benzene rings is 1. The number of aryl methyl sites for hydroxylation is 1. The first-order valence-corrected chi connectivity index (χ1v) is 7.27. The second-order valence-electron chi connectivity index (χ2n) is 5.60. The maximum absolute atomic E-state index is 4.42. The summed E-state index contributed by atoms with van der Waals surface area (Å²) >= 11 is 0. The number of rotatable bonds is 4. The van der Waals surface area contributed by atoms with E-state index >= 15 is 0 Å². The summed E-state index contributed by atoms with van der Waals surface area (Å²) in [5.74, 6) is 1.56. The van der Waals surface area contributed by atoms with Crippen molar-refractivity contribution in [2.75, 3.05) is 5.32 Å². The van der Waals surface area contributed by atoms with Crippen LogP contribution in [-0.2, 0) is 7.05 Å². The number of hydrogen-bond acceptors (Lipinski definition) is 4. The molecule has 0 bridgehead atoms. The van der Waals surface area contributed by atoms with Crippen molar-refractivity contribution in [2.45, 2.75) is 18.9 Å². The van der Waals surface area contributed by atoms with Crippen molar-refractivity contribution >= 4 is 16.9 Å². The van der Waals surface area contributed by atoms with Crippen LogP contribution in [0.1, 0.15) is 24.4 Å². The smallest absolute Gasteiger partial charge is 0.163 e. The van der Waals surface area contributed by atoms with Crippen LogP contribution in [0.3, 0.4) is 0 Å². The molecule has 0 aliphatic heterocycles. The summed E-state index contributed by atoms with van der Waals surface area (Å²) in [6.07, 6.45) is 5.97. The standard InChI is InChI=1S/C16H17N5/c1-21-16-13(9-19-21)15(17-10-18-16)20-14(12-7-8-12)11-5-3-2-4-6-11/h2-6,9-10,12,14H,7-8H2,1H3,(H,17,18,20)/t14-/m1/s1. The maximum Gasteiger partial charge on any atom is 0.163 e. The van der Waals surface area contributed by atoms with Gasteiger partial charge in [0.25, 0.3) is 0 Å². The predicted octanol–water partition coefficient (Wildman–Crippen LogP) is 2.93. The van der Waals surface area contributed by atoms with Gasteiger partial charge in [-0.15, -0.1) is 0 Å².